The van der Waals surface area contributed by atoms with Crippen LogP contribution in [0.5, 0.6) is 0 Å². The van der Waals surface area contributed by atoms with E-state index in [1.807, 2.05) is 30.5 Å². The van der Waals surface area contributed by atoms with Gasteiger partial charge in [-0.05, 0) is 42.9 Å². The van der Waals surface area contributed by atoms with Crippen molar-refractivity contribution in [3.05, 3.63) is 40.9 Å². The quantitative estimate of drug-likeness (QED) is 0.673. The van der Waals surface area contributed by atoms with Crippen LogP contribution in [0.25, 0.3) is 6.08 Å². The van der Waals surface area contributed by atoms with E-state index in [0.29, 0.717) is 11.0 Å². The highest BCUT2D eigenvalue weighted by Crippen LogP contribution is 2.41. The number of amides is 1. The van der Waals surface area contributed by atoms with Gasteiger partial charge in [0.1, 0.15) is 5.01 Å². The van der Waals surface area contributed by atoms with Gasteiger partial charge in [-0.2, -0.15) is 0 Å². The maximum absolute atomic E-state index is 11.8. The van der Waals surface area contributed by atoms with Crippen LogP contribution >= 0.6 is 23.1 Å². The van der Waals surface area contributed by atoms with Crippen molar-refractivity contribution in [3.8, 4) is 0 Å². The van der Waals surface area contributed by atoms with Gasteiger partial charge in [-0.15, -0.1) is 22.0 Å². The largest absolute Gasteiger partial charge is 0.297 e. The van der Waals surface area contributed by atoms with Crippen LogP contribution in [-0.4, -0.2) is 22.4 Å². The highest BCUT2D eigenvalue weighted by Gasteiger charge is 2.27. The van der Waals surface area contributed by atoms with Crippen LogP contribution in [0.1, 0.15) is 29.3 Å². The molecule has 0 saturated heterocycles. The van der Waals surface area contributed by atoms with Crippen LogP contribution in [0, 0.1) is 0 Å². The highest BCUT2D eigenvalue weighted by atomic mass is 32.2. The third-order valence-electron chi connectivity index (χ3n) is 3.14. The molecule has 0 bridgehead atoms. The molecule has 1 saturated carbocycles. The first-order valence-corrected chi connectivity index (χ1v) is 8.75. The van der Waals surface area contributed by atoms with E-state index in [2.05, 4.69) is 15.5 Å². The van der Waals surface area contributed by atoms with Crippen LogP contribution in [-0.2, 0) is 4.79 Å². The van der Waals surface area contributed by atoms with E-state index < -0.39 is 0 Å². The molecule has 108 valence electrons. The van der Waals surface area contributed by atoms with Gasteiger partial charge >= 0.3 is 0 Å². The summed E-state index contributed by atoms with van der Waals surface area (Å²) in [5.74, 6) is 0.390. The summed E-state index contributed by atoms with van der Waals surface area (Å²) in [6.07, 6.45) is 7.73. The Morgan fingerprint density at radius 2 is 2.10 bits per heavy atom. The lowest BCUT2D eigenvalue weighted by Gasteiger charge is -1.97. The van der Waals surface area contributed by atoms with E-state index in [4.69, 9.17) is 0 Å². The fourth-order valence-corrected chi connectivity index (χ4v) is 3.14. The number of carbonyl (C=O) groups is 1. The van der Waals surface area contributed by atoms with Crippen LogP contribution in [0.3, 0.4) is 0 Å². The number of benzene rings is 1. The molecule has 0 radical (unpaired) electrons. The highest BCUT2D eigenvalue weighted by molar-refractivity contribution is 7.98. The maximum atomic E-state index is 11.8. The monoisotopic (exact) mass is 317 g/mol. The molecule has 4 nitrogen and oxygen atoms in total. The average Bonchev–Trinajstić information content (AvgIpc) is 3.26. The van der Waals surface area contributed by atoms with Gasteiger partial charge in [0, 0.05) is 16.9 Å². The van der Waals surface area contributed by atoms with Crippen molar-refractivity contribution in [2.75, 3.05) is 11.6 Å². The smallest absolute Gasteiger partial charge is 0.250 e. The Balaban J connectivity index is 1.57. The second kappa shape index (κ2) is 6.41. The van der Waals surface area contributed by atoms with Gasteiger partial charge in [0.15, 0.2) is 0 Å². The zero-order valence-electron chi connectivity index (χ0n) is 11.6. The van der Waals surface area contributed by atoms with Gasteiger partial charge in [-0.25, -0.2) is 0 Å². The molecular weight excluding hydrogens is 302 g/mol. The minimum absolute atomic E-state index is 0.178. The molecule has 3 rings (SSSR count). The average molecular weight is 317 g/mol. The van der Waals surface area contributed by atoms with E-state index in [1.54, 1.807) is 17.8 Å². The lowest BCUT2D eigenvalue weighted by molar-refractivity contribution is -0.111. The van der Waals surface area contributed by atoms with Crippen molar-refractivity contribution in [3.63, 3.8) is 0 Å². The Morgan fingerprint density at radius 1 is 1.33 bits per heavy atom. The minimum atomic E-state index is -0.178. The second-order valence-corrected chi connectivity index (χ2v) is 6.70. The molecule has 1 N–H and O–H groups in total. The molecule has 1 aromatic heterocycles. The van der Waals surface area contributed by atoms with Gasteiger partial charge in [0.05, 0.1) is 0 Å². The Labute approximate surface area is 131 Å². The van der Waals surface area contributed by atoms with E-state index in [9.17, 15) is 4.79 Å². The predicted octanol–water partition coefficient (Wildman–Crippen LogP) is 3.79. The molecule has 6 heteroatoms. The SMILES string of the molecule is CSc1ccc(/C=C/C(=O)Nc2nnc(C3CC3)s2)cc1. The topological polar surface area (TPSA) is 54.9 Å². The van der Waals surface area contributed by atoms with E-state index in [1.165, 1.54) is 35.1 Å². The van der Waals surface area contributed by atoms with E-state index in [0.717, 1.165) is 10.6 Å². The third-order valence-corrected chi connectivity index (χ3v) is 4.89. The number of hydrogen-bond donors (Lipinski definition) is 1. The first-order chi connectivity index (χ1) is 10.2. The van der Waals surface area contributed by atoms with E-state index in [-0.39, 0.29) is 5.91 Å². The summed E-state index contributed by atoms with van der Waals surface area (Å²) in [7, 11) is 0. The molecule has 1 aliphatic carbocycles. The first-order valence-electron chi connectivity index (χ1n) is 6.71. The molecule has 1 heterocycles. The van der Waals surface area contributed by atoms with Gasteiger partial charge < -0.3 is 0 Å². The van der Waals surface area contributed by atoms with E-state index >= 15 is 0 Å². The molecule has 1 amide bonds. The molecule has 1 fully saturated rings. The summed E-state index contributed by atoms with van der Waals surface area (Å²) in [6, 6.07) is 8.06. The third kappa shape index (κ3) is 3.92. The van der Waals surface area contributed by atoms with Crippen molar-refractivity contribution >= 4 is 40.2 Å². The fraction of sp³-hybridized carbons (Fsp3) is 0.267. The number of anilines is 1. The zero-order valence-corrected chi connectivity index (χ0v) is 13.2. The number of nitrogens with zero attached hydrogens (tertiary/aromatic N) is 2. The molecule has 1 aliphatic rings. The normalized spacial score (nSPS) is 14.5. The summed E-state index contributed by atoms with van der Waals surface area (Å²) in [5.41, 5.74) is 0.999. The molecule has 1 aromatic carbocycles. The molecule has 21 heavy (non-hydrogen) atoms. The number of carbonyl (C=O) groups excluding carboxylic acids is 1. The summed E-state index contributed by atoms with van der Waals surface area (Å²) < 4.78 is 0. The second-order valence-electron chi connectivity index (χ2n) is 4.82. The molecule has 0 spiro atoms. The summed E-state index contributed by atoms with van der Waals surface area (Å²) in [6.45, 7) is 0. The van der Waals surface area contributed by atoms with Crippen LogP contribution in [0.15, 0.2) is 35.2 Å². The van der Waals surface area contributed by atoms with Crippen molar-refractivity contribution in [2.45, 2.75) is 23.7 Å². The molecule has 0 unspecified atom stereocenters. The lowest BCUT2D eigenvalue weighted by Crippen LogP contribution is -2.07. The summed E-state index contributed by atoms with van der Waals surface area (Å²) in [5, 5.41) is 12.4. The van der Waals surface area contributed by atoms with Gasteiger partial charge in [-0.3, -0.25) is 10.1 Å². The van der Waals surface area contributed by atoms with Crippen LogP contribution in [0.4, 0.5) is 5.13 Å². The number of rotatable bonds is 5. The molecule has 2 aromatic rings. The number of thioether (sulfide) groups is 1. The summed E-state index contributed by atoms with van der Waals surface area (Å²) >= 11 is 3.16. The Hall–Kier alpha value is -1.66. The Kier molecular flexibility index (Phi) is 4.36. The van der Waals surface area contributed by atoms with Crippen molar-refractivity contribution in [2.24, 2.45) is 0 Å². The Morgan fingerprint density at radius 3 is 2.76 bits per heavy atom. The molecule has 0 atom stereocenters. The maximum Gasteiger partial charge on any atom is 0.250 e. The zero-order chi connectivity index (χ0) is 14.7. The number of aromatic nitrogens is 2. The number of hydrogen-bond acceptors (Lipinski definition) is 5. The lowest BCUT2D eigenvalue weighted by atomic mass is 10.2. The van der Waals surface area contributed by atoms with Crippen molar-refractivity contribution < 1.29 is 4.79 Å². The first kappa shape index (κ1) is 14.3. The van der Waals surface area contributed by atoms with Crippen molar-refractivity contribution in [1.82, 2.24) is 10.2 Å². The molecule has 0 aliphatic heterocycles. The van der Waals surface area contributed by atoms with Gasteiger partial charge in [-0.1, -0.05) is 23.5 Å². The predicted molar refractivity (Wildman–Crippen MR) is 87.8 cm³/mol. The molecular formula is C15H15N3OS2. The number of nitrogens with one attached hydrogen (secondary N) is 1. The summed E-state index contributed by atoms with van der Waals surface area (Å²) in [4.78, 5) is 13.0. The fourth-order valence-electron chi connectivity index (χ4n) is 1.81. The Bertz CT molecular complexity index is 660. The van der Waals surface area contributed by atoms with Gasteiger partial charge in [0.25, 0.3) is 0 Å². The van der Waals surface area contributed by atoms with Gasteiger partial charge in [0.2, 0.25) is 11.0 Å². The van der Waals surface area contributed by atoms with Crippen LogP contribution in [0.2, 0.25) is 0 Å². The van der Waals surface area contributed by atoms with Crippen molar-refractivity contribution in [1.29, 1.82) is 0 Å². The van der Waals surface area contributed by atoms with Crippen LogP contribution < -0.4 is 5.32 Å². The minimum Gasteiger partial charge on any atom is -0.297 e. The standard InChI is InChI=1S/C15H15N3OS2/c1-20-12-7-2-10(3-8-12)4-9-13(19)16-15-18-17-14(21-15)11-5-6-11/h2-4,7-9,11H,5-6H2,1H3,(H,16,18,19)/b9-4+.